The minimum Gasteiger partial charge on any atom is -0.481 e. The van der Waals surface area contributed by atoms with Crippen LogP contribution in [-0.4, -0.2) is 63.3 Å². The Balaban J connectivity index is 2.06. The number of halogens is 1. The van der Waals surface area contributed by atoms with E-state index in [1.165, 1.54) is 0 Å². The van der Waals surface area contributed by atoms with E-state index in [-0.39, 0.29) is 22.9 Å². The monoisotopic (exact) mass is 386 g/mol. The molecule has 9 heteroatoms. The summed E-state index contributed by atoms with van der Waals surface area (Å²) in [4.78, 5) is 35.5. The van der Waals surface area contributed by atoms with Crippen molar-refractivity contribution in [3.63, 3.8) is 0 Å². The molecule has 2 rings (SSSR count). The third kappa shape index (κ3) is 5.74. The van der Waals surface area contributed by atoms with Crippen molar-refractivity contribution in [1.82, 2.24) is 14.9 Å². The zero-order valence-electron chi connectivity index (χ0n) is 14.6. The fourth-order valence-corrected chi connectivity index (χ4v) is 3.54. The van der Waals surface area contributed by atoms with E-state index in [9.17, 15) is 9.59 Å². The number of piperazine rings is 1. The summed E-state index contributed by atoms with van der Waals surface area (Å²) in [5.74, 6) is 0.137. The first-order chi connectivity index (χ1) is 11.8. The van der Waals surface area contributed by atoms with E-state index in [0.29, 0.717) is 42.9 Å². The van der Waals surface area contributed by atoms with Crippen LogP contribution >= 0.6 is 23.4 Å². The third-order valence-corrected chi connectivity index (χ3v) is 4.87. The Bertz CT molecular complexity index is 644. The van der Waals surface area contributed by atoms with E-state index in [4.69, 9.17) is 16.7 Å². The Morgan fingerprint density at radius 3 is 2.72 bits per heavy atom. The van der Waals surface area contributed by atoms with Crippen LogP contribution < -0.4 is 4.90 Å². The normalized spacial score (nSPS) is 17.9. The number of carbonyl (C=O) groups excluding carboxylic acids is 1. The second-order valence-electron chi connectivity index (χ2n) is 6.49. The Morgan fingerprint density at radius 1 is 1.40 bits per heavy atom. The van der Waals surface area contributed by atoms with Gasteiger partial charge in [0.1, 0.15) is 11.0 Å². The predicted octanol–water partition coefficient (Wildman–Crippen LogP) is 2.39. The molecule has 0 radical (unpaired) electrons. The predicted molar refractivity (Wildman–Crippen MR) is 98.2 cm³/mol. The van der Waals surface area contributed by atoms with Crippen molar-refractivity contribution in [2.24, 2.45) is 5.92 Å². The molecule has 1 fully saturated rings. The van der Waals surface area contributed by atoms with E-state index in [0.717, 1.165) is 11.8 Å². The van der Waals surface area contributed by atoms with Gasteiger partial charge in [-0.1, -0.05) is 37.2 Å². The molecule has 0 saturated carbocycles. The lowest BCUT2D eigenvalue weighted by Crippen LogP contribution is -2.54. The first kappa shape index (κ1) is 19.8. The van der Waals surface area contributed by atoms with Gasteiger partial charge >= 0.3 is 5.97 Å². The van der Waals surface area contributed by atoms with Crippen molar-refractivity contribution in [3.05, 3.63) is 11.2 Å². The van der Waals surface area contributed by atoms with E-state index in [1.54, 1.807) is 6.07 Å². The summed E-state index contributed by atoms with van der Waals surface area (Å²) >= 11 is 7.09. The number of hydrogen-bond acceptors (Lipinski definition) is 6. The highest BCUT2D eigenvalue weighted by molar-refractivity contribution is 7.99. The fraction of sp³-hybridized carbons (Fsp3) is 0.625. The first-order valence-corrected chi connectivity index (χ1v) is 9.56. The number of aliphatic carboxylic acids is 1. The molecular formula is C16H23ClN4O3S. The zero-order chi connectivity index (χ0) is 18.6. The number of rotatable bonds is 6. The number of nitrogens with zero attached hydrogens (tertiary/aromatic N) is 4. The van der Waals surface area contributed by atoms with E-state index >= 15 is 0 Å². The highest BCUT2D eigenvalue weighted by Gasteiger charge is 2.28. The molecule has 1 aliphatic heterocycles. The maximum Gasteiger partial charge on any atom is 0.313 e. The molecule has 25 heavy (non-hydrogen) atoms. The number of amides is 1. The molecule has 0 spiro atoms. The average molecular weight is 387 g/mol. The molecule has 0 aliphatic carbocycles. The maximum atomic E-state index is 12.3. The minimum atomic E-state index is -0.930. The van der Waals surface area contributed by atoms with Crippen LogP contribution in [0.4, 0.5) is 5.82 Å². The Morgan fingerprint density at radius 2 is 2.12 bits per heavy atom. The summed E-state index contributed by atoms with van der Waals surface area (Å²) in [5.41, 5.74) is 0. The second kappa shape index (κ2) is 8.71. The quantitative estimate of drug-likeness (QED) is 0.456. The molecule has 2 heterocycles. The number of aromatic nitrogens is 2. The van der Waals surface area contributed by atoms with Gasteiger partial charge in [0.05, 0.1) is 5.75 Å². The minimum absolute atomic E-state index is 0.0730. The molecule has 0 bridgehead atoms. The average Bonchev–Trinajstić information content (AvgIpc) is 2.51. The third-order valence-electron chi connectivity index (χ3n) is 3.84. The van der Waals surface area contributed by atoms with Gasteiger partial charge < -0.3 is 14.9 Å². The molecule has 1 N–H and O–H groups in total. The summed E-state index contributed by atoms with van der Waals surface area (Å²) in [5, 5.41) is 9.41. The standard InChI is InChI=1S/C16H23ClN4O3S/c1-10(2)6-14(22)21-5-4-20(8-11(21)3)13-7-12(17)18-16(19-13)25-9-15(23)24/h7,10-11H,4-6,8-9H2,1-3H3,(H,23,24)/t11-/m0/s1. The smallest absolute Gasteiger partial charge is 0.313 e. The van der Waals surface area contributed by atoms with Crippen molar-refractivity contribution in [3.8, 4) is 0 Å². The van der Waals surface area contributed by atoms with Crippen LogP contribution in [0.15, 0.2) is 11.2 Å². The number of carboxylic acids is 1. The van der Waals surface area contributed by atoms with Gasteiger partial charge in [-0.05, 0) is 12.8 Å². The fourth-order valence-electron chi connectivity index (χ4n) is 2.74. The van der Waals surface area contributed by atoms with Crippen molar-refractivity contribution >= 4 is 41.1 Å². The van der Waals surface area contributed by atoms with Gasteiger partial charge in [-0.25, -0.2) is 9.97 Å². The van der Waals surface area contributed by atoms with Crippen molar-refractivity contribution < 1.29 is 14.7 Å². The van der Waals surface area contributed by atoms with Crippen molar-refractivity contribution in [1.29, 1.82) is 0 Å². The largest absolute Gasteiger partial charge is 0.481 e. The zero-order valence-corrected chi connectivity index (χ0v) is 16.2. The Labute approximate surface area is 156 Å². The highest BCUT2D eigenvalue weighted by atomic mass is 35.5. The lowest BCUT2D eigenvalue weighted by Gasteiger charge is -2.40. The van der Waals surface area contributed by atoms with Crippen LogP contribution in [0.25, 0.3) is 0 Å². The number of carbonyl (C=O) groups is 2. The second-order valence-corrected chi connectivity index (χ2v) is 7.82. The lowest BCUT2D eigenvalue weighted by atomic mass is 10.1. The number of anilines is 1. The Kier molecular flexibility index (Phi) is 6.89. The van der Waals surface area contributed by atoms with Crippen LogP contribution in [0, 0.1) is 5.92 Å². The summed E-state index contributed by atoms with van der Waals surface area (Å²) in [6, 6.07) is 1.74. The van der Waals surface area contributed by atoms with E-state index in [1.807, 2.05) is 25.7 Å². The van der Waals surface area contributed by atoms with Gasteiger partial charge in [-0.15, -0.1) is 0 Å². The molecule has 1 aliphatic rings. The van der Waals surface area contributed by atoms with Crippen LogP contribution in [0.5, 0.6) is 0 Å². The lowest BCUT2D eigenvalue weighted by molar-refractivity contribution is -0.135. The number of carboxylic acid groups (broad SMARTS) is 1. The Hall–Kier alpha value is -1.54. The van der Waals surface area contributed by atoms with Crippen LogP contribution in [-0.2, 0) is 9.59 Å². The number of thioether (sulfide) groups is 1. The van der Waals surface area contributed by atoms with Gasteiger partial charge in [-0.3, -0.25) is 9.59 Å². The van der Waals surface area contributed by atoms with Gasteiger partial charge in [0.25, 0.3) is 0 Å². The van der Waals surface area contributed by atoms with Gasteiger partial charge in [0.15, 0.2) is 5.16 Å². The molecule has 1 aromatic rings. The topological polar surface area (TPSA) is 86.6 Å². The molecular weight excluding hydrogens is 364 g/mol. The molecule has 1 saturated heterocycles. The summed E-state index contributed by atoms with van der Waals surface area (Å²) < 4.78 is 0. The molecule has 1 amide bonds. The van der Waals surface area contributed by atoms with Gasteiger partial charge in [-0.2, -0.15) is 0 Å². The van der Waals surface area contributed by atoms with Gasteiger partial charge in [0.2, 0.25) is 5.91 Å². The number of hydrogen-bond donors (Lipinski definition) is 1. The first-order valence-electron chi connectivity index (χ1n) is 8.20. The molecule has 0 unspecified atom stereocenters. The van der Waals surface area contributed by atoms with Crippen molar-refractivity contribution in [2.75, 3.05) is 30.3 Å². The van der Waals surface area contributed by atoms with Crippen LogP contribution in [0.1, 0.15) is 27.2 Å². The van der Waals surface area contributed by atoms with Crippen LogP contribution in [0.3, 0.4) is 0 Å². The van der Waals surface area contributed by atoms with E-state index < -0.39 is 5.97 Å². The molecule has 1 aromatic heterocycles. The van der Waals surface area contributed by atoms with Crippen LogP contribution in [0.2, 0.25) is 5.15 Å². The molecule has 7 nitrogen and oxygen atoms in total. The summed E-state index contributed by atoms with van der Waals surface area (Å²) in [6.45, 7) is 8.04. The van der Waals surface area contributed by atoms with Crippen molar-refractivity contribution in [2.45, 2.75) is 38.4 Å². The molecule has 0 aromatic carbocycles. The molecule has 138 valence electrons. The summed E-state index contributed by atoms with van der Waals surface area (Å²) in [7, 11) is 0. The SMILES string of the molecule is CC(C)CC(=O)N1CCN(c2cc(Cl)nc(SCC(=O)O)n2)C[C@@H]1C. The maximum absolute atomic E-state index is 12.3. The van der Waals surface area contributed by atoms with Gasteiger partial charge in [0, 0.05) is 38.2 Å². The summed E-state index contributed by atoms with van der Waals surface area (Å²) in [6.07, 6.45) is 0.555. The molecule has 1 atom stereocenters. The van der Waals surface area contributed by atoms with E-state index in [2.05, 4.69) is 14.9 Å². The highest BCUT2D eigenvalue weighted by Crippen LogP contribution is 2.24.